The number of rotatable bonds is 3. The average molecular weight is 294 g/mol. The predicted molar refractivity (Wildman–Crippen MR) is 99.0 cm³/mol. The van der Waals surface area contributed by atoms with Crippen LogP contribution in [-0.4, -0.2) is 0 Å². The molecule has 0 aliphatic heterocycles. The average Bonchev–Trinajstić information content (AvgIpc) is 2.43. The molecule has 0 aromatic heterocycles. The molecule has 0 heteroatoms. The second kappa shape index (κ2) is 6.28. The van der Waals surface area contributed by atoms with Crippen molar-refractivity contribution >= 4 is 0 Å². The lowest BCUT2D eigenvalue weighted by Crippen LogP contribution is -2.01. The van der Waals surface area contributed by atoms with Gasteiger partial charge in [0.05, 0.1) is 0 Å². The fraction of sp³-hybridized carbons (Fsp3) is 0.455. The Bertz CT molecular complexity index is 626. The van der Waals surface area contributed by atoms with Gasteiger partial charge in [0.25, 0.3) is 0 Å². The van der Waals surface area contributed by atoms with E-state index < -0.39 is 0 Å². The second-order valence-corrected chi connectivity index (χ2v) is 7.36. The standard InChI is InChI=1S/C22H30/c1-13(2)19-9-15(5)17(7)11-21(19)22-12-18(8)16(6)10-20(22)14(3)4/h9-14H,1-8H3. The van der Waals surface area contributed by atoms with E-state index in [1.807, 2.05) is 0 Å². The van der Waals surface area contributed by atoms with E-state index in [1.165, 1.54) is 44.5 Å². The molecule has 0 aliphatic carbocycles. The van der Waals surface area contributed by atoms with Crippen LogP contribution in [0.25, 0.3) is 11.1 Å². The summed E-state index contributed by atoms with van der Waals surface area (Å²) in [6.07, 6.45) is 0. The molecular weight excluding hydrogens is 264 g/mol. The van der Waals surface area contributed by atoms with E-state index in [4.69, 9.17) is 0 Å². The number of benzene rings is 2. The van der Waals surface area contributed by atoms with Crippen molar-refractivity contribution in [3.05, 3.63) is 57.6 Å². The molecule has 0 aliphatic rings. The summed E-state index contributed by atoms with van der Waals surface area (Å²) < 4.78 is 0. The Morgan fingerprint density at radius 3 is 1.05 bits per heavy atom. The van der Waals surface area contributed by atoms with Gasteiger partial charge in [0.15, 0.2) is 0 Å². The van der Waals surface area contributed by atoms with Gasteiger partial charge in [0.2, 0.25) is 0 Å². The molecule has 2 aromatic carbocycles. The van der Waals surface area contributed by atoms with Crippen molar-refractivity contribution in [1.82, 2.24) is 0 Å². The molecule has 0 atom stereocenters. The van der Waals surface area contributed by atoms with Gasteiger partial charge in [-0.05, 0) is 84.0 Å². The first kappa shape index (κ1) is 16.8. The monoisotopic (exact) mass is 294 g/mol. The maximum atomic E-state index is 2.39. The van der Waals surface area contributed by atoms with Crippen LogP contribution in [-0.2, 0) is 0 Å². The summed E-state index contributed by atoms with van der Waals surface area (Å²) in [5.41, 5.74) is 11.3. The molecule has 0 saturated carbocycles. The zero-order chi connectivity index (χ0) is 16.6. The van der Waals surface area contributed by atoms with Crippen molar-refractivity contribution in [2.75, 3.05) is 0 Å². The number of hydrogen-bond donors (Lipinski definition) is 0. The van der Waals surface area contributed by atoms with Gasteiger partial charge in [0.1, 0.15) is 0 Å². The lowest BCUT2D eigenvalue weighted by Gasteiger charge is -2.21. The molecule has 0 saturated heterocycles. The van der Waals surface area contributed by atoms with Crippen molar-refractivity contribution in [1.29, 1.82) is 0 Å². The normalized spacial score (nSPS) is 11.5. The van der Waals surface area contributed by atoms with Gasteiger partial charge in [-0.3, -0.25) is 0 Å². The minimum Gasteiger partial charge on any atom is -0.0587 e. The number of aryl methyl sites for hydroxylation is 4. The highest BCUT2D eigenvalue weighted by molar-refractivity contribution is 5.74. The summed E-state index contributed by atoms with van der Waals surface area (Å²) in [7, 11) is 0. The van der Waals surface area contributed by atoms with Gasteiger partial charge in [-0.1, -0.05) is 52.0 Å². The summed E-state index contributed by atoms with van der Waals surface area (Å²) in [5.74, 6) is 1.08. The van der Waals surface area contributed by atoms with Crippen molar-refractivity contribution in [3.8, 4) is 11.1 Å². The molecule has 0 radical (unpaired) electrons. The first-order valence-corrected chi connectivity index (χ1v) is 8.45. The Balaban J connectivity index is 2.81. The molecule has 0 bridgehead atoms. The van der Waals surface area contributed by atoms with Crippen molar-refractivity contribution in [2.24, 2.45) is 0 Å². The lowest BCUT2D eigenvalue weighted by atomic mass is 9.83. The van der Waals surface area contributed by atoms with E-state index in [-0.39, 0.29) is 0 Å². The molecule has 0 heterocycles. The molecule has 2 rings (SSSR count). The molecule has 118 valence electrons. The van der Waals surface area contributed by atoms with Crippen LogP contribution in [0.15, 0.2) is 24.3 Å². The topological polar surface area (TPSA) is 0 Å². The molecule has 0 spiro atoms. The van der Waals surface area contributed by atoms with E-state index in [2.05, 4.69) is 79.7 Å². The molecule has 0 N–H and O–H groups in total. The van der Waals surface area contributed by atoms with Crippen LogP contribution < -0.4 is 0 Å². The lowest BCUT2D eigenvalue weighted by molar-refractivity contribution is 0.853. The summed E-state index contributed by atoms with van der Waals surface area (Å²) in [4.78, 5) is 0. The fourth-order valence-corrected chi connectivity index (χ4v) is 3.10. The van der Waals surface area contributed by atoms with Gasteiger partial charge >= 0.3 is 0 Å². The van der Waals surface area contributed by atoms with Crippen molar-refractivity contribution in [3.63, 3.8) is 0 Å². The largest absolute Gasteiger partial charge is 0.0587 e. The van der Waals surface area contributed by atoms with Gasteiger partial charge < -0.3 is 0 Å². The van der Waals surface area contributed by atoms with Gasteiger partial charge in [0, 0.05) is 0 Å². The quantitative estimate of drug-likeness (QED) is 0.581. The molecule has 0 unspecified atom stereocenters. The molecule has 0 amide bonds. The SMILES string of the molecule is Cc1cc(-c2cc(C)c(C)cc2C(C)C)c(C(C)C)cc1C. The first-order chi connectivity index (χ1) is 10.2. The third-order valence-corrected chi connectivity index (χ3v) is 4.87. The van der Waals surface area contributed by atoms with Gasteiger partial charge in [-0.2, -0.15) is 0 Å². The number of hydrogen-bond acceptors (Lipinski definition) is 0. The van der Waals surface area contributed by atoms with Crippen molar-refractivity contribution in [2.45, 2.75) is 67.2 Å². The highest BCUT2D eigenvalue weighted by Gasteiger charge is 2.16. The highest BCUT2D eigenvalue weighted by Crippen LogP contribution is 2.37. The minimum atomic E-state index is 0.538. The van der Waals surface area contributed by atoms with E-state index in [0.717, 1.165) is 0 Å². The molecule has 0 fully saturated rings. The minimum absolute atomic E-state index is 0.538. The van der Waals surface area contributed by atoms with E-state index in [0.29, 0.717) is 11.8 Å². The van der Waals surface area contributed by atoms with Crippen molar-refractivity contribution < 1.29 is 0 Å². The Morgan fingerprint density at radius 2 is 0.773 bits per heavy atom. The van der Waals surface area contributed by atoms with Crippen LogP contribution >= 0.6 is 0 Å². The summed E-state index contributed by atoms with van der Waals surface area (Å²) >= 11 is 0. The third-order valence-electron chi connectivity index (χ3n) is 4.87. The van der Waals surface area contributed by atoms with Crippen LogP contribution in [0.5, 0.6) is 0 Å². The molecular formula is C22H30. The summed E-state index contributed by atoms with van der Waals surface area (Å²) in [6.45, 7) is 18.1. The van der Waals surface area contributed by atoms with E-state index in [9.17, 15) is 0 Å². The van der Waals surface area contributed by atoms with Crippen LogP contribution in [0.1, 0.15) is 72.9 Å². The van der Waals surface area contributed by atoms with Crippen LogP contribution in [0, 0.1) is 27.7 Å². The Morgan fingerprint density at radius 1 is 0.500 bits per heavy atom. The van der Waals surface area contributed by atoms with Gasteiger partial charge in [-0.25, -0.2) is 0 Å². The first-order valence-electron chi connectivity index (χ1n) is 8.45. The smallest absolute Gasteiger partial charge is 0.0144 e. The fourth-order valence-electron chi connectivity index (χ4n) is 3.10. The molecule has 2 aromatic rings. The van der Waals surface area contributed by atoms with Crippen LogP contribution in [0.4, 0.5) is 0 Å². The maximum Gasteiger partial charge on any atom is -0.0144 e. The predicted octanol–water partition coefficient (Wildman–Crippen LogP) is 6.83. The maximum absolute atomic E-state index is 2.39. The third kappa shape index (κ3) is 3.11. The van der Waals surface area contributed by atoms with Crippen LogP contribution in [0.3, 0.4) is 0 Å². The van der Waals surface area contributed by atoms with Gasteiger partial charge in [-0.15, -0.1) is 0 Å². The molecule has 0 nitrogen and oxygen atoms in total. The highest BCUT2D eigenvalue weighted by atomic mass is 14.2. The summed E-state index contributed by atoms with van der Waals surface area (Å²) in [5, 5.41) is 0. The second-order valence-electron chi connectivity index (χ2n) is 7.36. The zero-order valence-electron chi connectivity index (χ0n) is 15.5. The Hall–Kier alpha value is -1.56. The molecule has 22 heavy (non-hydrogen) atoms. The van der Waals surface area contributed by atoms with E-state index in [1.54, 1.807) is 0 Å². The Labute approximate surface area is 136 Å². The van der Waals surface area contributed by atoms with Crippen LogP contribution in [0.2, 0.25) is 0 Å². The Kier molecular flexibility index (Phi) is 4.80. The van der Waals surface area contributed by atoms with E-state index >= 15 is 0 Å². The zero-order valence-corrected chi connectivity index (χ0v) is 15.5. The summed E-state index contributed by atoms with van der Waals surface area (Å²) in [6, 6.07) is 9.55.